The van der Waals surface area contributed by atoms with E-state index in [0.29, 0.717) is 30.5 Å². The number of hydrogen-bond donors (Lipinski definition) is 0. The van der Waals surface area contributed by atoms with E-state index in [4.69, 9.17) is 9.47 Å². The number of methoxy groups -OCH3 is 1. The monoisotopic (exact) mass is 438 g/mol. The number of carbonyl (C=O) groups is 1. The van der Waals surface area contributed by atoms with Crippen LogP contribution in [0.1, 0.15) is 36.6 Å². The summed E-state index contributed by atoms with van der Waals surface area (Å²) in [4.78, 5) is 28.3. The zero-order valence-corrected chi connectivity index (χ0v) is 18.9. The Hall–Kier alpha value is -3.06. The highest BCUT2D eigenvalue weighted by Gasteiger charge is 2.37. The maximum atomic E-state index is 13.3. The molecule has 0 saturated carbocycles. The number of benzene rings is 2. The molecule has 7 heteroatoms. The van der Waals surface area contributed by atoms with Crippen molar-refractivity contribution in [2.24, 2.45) is 13.0 Å². The summed E-state index contributed by atoms with van der Waals surface area (Å²) in [6.45, 7) is 4.87. The number of anilines is 2. The Kier molecular flexibility index (Phi) is 5.87. The fourth-order valence-corrected chi connectivity index (χ4v) is 4.84. The fraction of sp³-hybridized carbons (Fsp3) is 0.333. The molecule has 2 aromatic carbocycles. The van der Waals surface area contributed by atoms with Gasteiger partial charge in [-0.25, -0.2) is 0 Å². The lowest BCUT2D eigenvalue weighted by atomic mass is 9.90. The maximum absolute atomic E-state index is 13.3. The van der Waals surface area contributed by atoms with Crippen LogP contribution in [0.4, 0.5) is 11.5 Å². The maximum Gasteiger partial charge on any atom is 0.308 e. The van der Waals surface area contributed by atoms with Crippen LogP contribution in [0.25, 0.3) is 0 Å². The highest BCUT2D eigenvalue weighted by Crippen LogP contribution is 2.44. The Morgan fingerprint density at radius 1 is 1.03 bits per heavy atom. The van der Waals surface area contributed by atoms with E-state index >= 15 is 0 Å². The van der Waals surface area contributed by atoms with E-state index in [1.54, 1.807) is 23.6 Å². The molecule has 0 fully saturated rings. The van der Waals surface area contributed by atoms with Gasteiger partial charge in [-0.1, -0.05) is 37.3 Å². The van der Waals surface area contributed by atoms with E-state index in [0.717, 1.165) is 21.9 Å². The van der Waals surface area contributed by atoms with Crippen molar-refractivity contribution in [2.75, 3.05) is 18.6 Å². The average Bonchev–Trinajstić information content (AvgIpc) is 3.07. The van der Waals surface area contributed by atoms with Crippen LogP contribution in [0.2, 0.25) is 0 Å². The van der Waals surface area contributed by atoms with Gasteiger partial charge in [0.2, 0.25) is 5.91 Å². The molecular formula is C24H26N2O4S. The molecule has 0 N–H and O–H groups in total. The summed E-state index contributed by atoms with van der Waals surface area (Å²) in [5, 5.41) is 0. The van der Waals surface area contributed by atoms with Crippen molar-refractivity contribution >= 4 is 28.7 Å². The summed E-state index contributed by atoms with van der Waals surface area (Å²) in [5.74, 6) is 2.41. The number of carbonyl (C=O) groups excluding carboxylic acids is 1. The molecule has 1 aliphatic heterocycles. The van der Waals surface area contributed by atoms with Crippen LogP contribution in [0.5, 0.6) is 11.5 Å². The normalized spacial score (nSPS) is 15.8. The van der Waals surface area contributed by atoms with Crippen molar-refractivity contribution in [3.63, 3.8) is 0 Å². The summed E-state index contributed by atoms with van der Waals surface area (Å²) in [5.41, 5.74) is 1.72. The van der Waals surface area contributed by atoms with Gasteiger partial charge in [0, 0.05) is 19.4 Å². The van der Waals surface area contributed by atoms with Crippen LogP contribution in [0, 0.1) is 5.92 Å². The second kappa shape index (κ2) is 8.59. The van der Waals surface area contributed by atoms with Gasteiger partial charge in [-0.15, -0.1) is 0 Å². The van der Waals surface area contributed by atoms with Crippen LogP contribution < -0.4 is 19.2 Å². The van der Waals surface area contributed by atoms with Gasteiger partial charge in [0.25, 0.3) is 0 Å². The predicted molar refractivity (Wildman–Crippen MR) is 123 cm³/mol. The molecule has 1 amide bonds. The van der Waals surface area contributed by atoms with Crippen LogP contribution in [-0.4, -0.2) is 24.2 Å². The minimum Gasteiger partial charge on any atom is -0.497 e. The molecule has 31 heavy (non-hydrogen) atoms. The third kappa shape index (κ3) is 4.10. The van der Waals surface area contributed by atoms with Crippen LogP contribution in [0.15, 0.2) is 53.3 Å². The fourth-order valence-electron chi connectivity index (χ4n) is 3.75. The van der Waals surface area contributed by atoms with Gasteiger partial charge in [0.05, 0.1) is 24.3 Å². The van der Waals surface area contributed by atoms with E-state index in [-0.39, 0.29) is 16.7 Å². The molecule has 0 aliphatic carbocycles. The van der Waals surface area contributed by atoms with Gasteiger partial charge in [0.1, 0.15) is 17.3 Å². The highest BCUT2D eigenvalue weighted by atomic mass is 32.1. The van der Waals surface area contributed by atoms with Crippen molar-refractivity contribution in [3.05, 3.63) is 68.6 Å². The number of aromatic nitrogens is 1. The molecule has 0 bridgehead atoms. The van der Waals surface area contributed by atoms with Crippen LogP contribution in [-0.2, 0) is 11.8 Å². The minimum atomic E-state index is -0.157. The molecule has 4 rings (SSSR count). The summed E-state index contributed by atoms with van der Waals surface area (Å²) in [6.07, 6.45) is 0.297. The van der Waals surface area contributed by atoms with Crippen molar-refractivity contribution in [1.82, 2.24) is 4.57 Å². The van der Waals surface area contributed by atoms with E-state index in [2.05, 4.69) is 13.8 Å². The number of fused-ring (bicyclic) bond motifs is 1. The molecule has 0 spiro atoms. The summed E-state index contributed by atoms with van der Waals surface area (Å²) >= 11 is 1.20. The number of hydrogen-bond acceptors (Lipinski definition) is 5. The average molecular weight is 439 g/mol. The van der Waals surface area contributed by atoms with Gasteiger partial charge < -0.3 is 9.47 Å². The first-order valence-electron chi connectivity index (χ1n) is 10.3. The SMILES string of the molecule is COc1ccc(N2C(=O)CC(c3ccc(OCC(C)C)cc3)c3sc(=O)n(C)c32)cc1. The Morgan fingerprint density at radius 2 is 1.68 bits per heavy atom. The summed E-state index contributed by atoms with van der Waals surface area (Å²) in [7, 11) is 3.32. The molecule has 0 saturated heterocycles. The van der Waals surface area contributed by atoms with E-state index in [1.807, 2.05) is 48.5 Å². The van der Waals surface area contributed by atoms with E-state index in [1.165, 1.54) is 11.3 Å². The Balaban J connectivity index is 1.71. The third-order valence-electron chi connectivity index (χ3n) is 5.36. The van der Waals surface area contributed by atoms with Crippen molar-refractivity contribution < 1.29 is 14.3 Å². The molecule has 0 radical (unpaired) electrons. The van der Waals surface area contributed by atoms with Gasteiger partial charge >= 0.3 is 4.87 Å². The Bertz CT molecular complexity index is 1130. The summed E-state index contributed by atoms with van der Waals surface area (Å²) in [6, 6.07) is 15.2. The second-order valence-corrected chi connectivity index (χ2v) is 9.07. The number of thiazole rings is 1. The van der Waals surface area contributed by atoms with Gasteiger partial charge in [0.15, 0.2) is 0 Å². The zero-order chi connectivity index (χ0) is 22.1. The van der Waals surface area contributed by atoms with Crippen molar-refractivity contribution in [1.29, 1.82) is 0 Å². The summed E-state index contributed by atoms with van der Waals surface area (Å²) < 4.78 is 12.6. The van der Waals surface area contributed by atoms with Crippen molar-refractivity contribution in [2.45, 2.75) is 26.2 Å². The predicted octanol–water partition coefficient (Wildman–Crippen LogP) is 4.69. The largest absolute Gasteiger partial charge is 0.497 e. The number of rotatable bonds is 6. The van der Waals surface area contributed by atoms with Crippen LogP contribution >= 0.6 is 11.3 Å². The van der Waals surface area contributed by atoms with Gasteiger partial charge in [-0.3, -0.25) is 19.1 Å². The van der Waals surface area contributed by atoms with Gasteiger partial charge in [-0.2, -0.15) is 0 Å². The lowest BCUT2D eigenvalue weighted by molar-refractivity contribution is -0.118. The van der Waals surface area contributed by atoms with E-state index < -0.39 is 0 Å². The topological polar surface area (TPSA) is 60.8 Å². The molecule has 162 valence electrons. The van der Waals surface area contributed by atoms with Gasteiger partial charge in [-0.05, 0) is 47.9 Å². The van der Waals surface area contributed by atoms with Crippen molar-refractivity contribution in [3.8, 4) is 11.5 Å². The molecule has 3 aromatic rings. The third-order valence-corrected chi connectivity index (χ3v) is 6.50. The van der Waals surface area contributed by atoms with Crippen LogP contribution in [0.3, 0.4) is 0 Å². The lowest BCUT2D eigenvalue weighted by Gasteiger charge is -2.32. The first-order chi connectivity index (χ1) is 14.9. The second-order valence-electron chi connectivity index (χ2n) is 8.07. The molecule has 1 aromatic heterocycles. The molecule has 1 aliphatic rings. The quantitative estimate of drug-likeness (QED) is 0.560. The lowest BCUT2D eigenvalue weighted by Crippen LogP contribution is -2.34. The van der Waals surface area contributed by atoms with E-state index in [9.17, 15) is 9.59 Å². The molecule has 6 nitrogen and oxygen atoms in total. The highest BCUT2D eigenvalue weighted by molar-refractivity contribution is 7.10. The molecule has 1 atom stereocenters. The first-order valence-corrected chi connectivity index (χ1v) is 11.1. The molecular weight excluding hydrogens is 412 g/mol. The number of amides is 1. The first kappa shape index (κ1) is 21.2. The molecule has 1 unspecified atom stereocenters. The zero-order valence-electron chi connectivity index (χ0n) is 18.1. The molecule has 2 heterocycles. The number of ether oxygens (including phenoxy) is 2. The smallest absolute Gasteiger partial charge is 0.308 e. The minimum absolute atomic E-state index is 0.0452. The standard InChI is InChI=1S/C24H26N2O4S/c1-15(2)14-30-19-9-5-16(6-10-19)20-13-21(27)26(17-7-11-18(29-4)12-8-17)23-22(20)31-24(28)25(23)3/h5-12,15,20H,13-14H2,1-4H3. The number of nitrogens with zero attached hydrogens (tertiary/aromatic N) is 2. The Labute approximate surface area is 185 Å². The Morgan fingerprint density at radius 3 is 2.29 bits per heavy atom.